The molecule has 0 saturated carbocycles. The van der Waals surface area contributed by atoms with Crippen LogP contribution in [0.1, 0.15) is 19.3 Å². The van der Waals surface area contributed by atoms with Crippen LogP contribution in [0.3, 0.4) is 0 Å². The number of hydrogen-bond acceptors (Lipinski definition) is 1. The molecule has 0 unspecified atom stereocenters. The Morgan fingerprint density at radius 2 is 1.50 bits per heavy atom. The Kier molecular flexibility index (Phi) is 9.44. The van der Waals surface area contributed by atoms with Crippen LogP contribution in [0.25, 0.3) is 0 Å². The van der Waals surface area contributed by atoms with Gasteiger partial charge in [-0.15, -0.1) is 0 Å². The first-order chi connectivity index (χ1) is 4.00. The predicted molar refractivity (Wildman–Crippen MR) is 41.4 cm³/mol. The summed E-state index contributed by atoms with van der Waals surface area (Å²) in [6, 6.07) is 0. The van der Waals surface area contributed by atoms with Crippen LogP contribution >= 0.6 is 12.9 Å². The smallest absolute Gasteiger partial charge is 0.317 e. The molecule has 0 bridgehead atoms. The fraction of sp³-hybridized carbons (Fsp3) is 1.00. The van der Waals surface area contributed by atoms with Crippen LogP contribution in [0.2, 0.25) is 0 Å². The Bertz CT molecular complexity index is 27.9. The second-order valence-electron chi connectivity index (χ2n) is 1.81. The van der Waals surface area contributed by atoms with Gasteiger partial charge in [-0.1, -0.05) is 6.42 Å². The van der Waals surface area contributed by atoms with Crippen LogP contribution in [0.15, 0.2) is 0 Å². The van der Waals surface area contributed by atoms with Crippen molar-refractivity contribution in [2.75, 3.05) is 13.1 Å². The van der Waals surface area contributed by atoms with E-state index in [4.69, 9.17) is 0 Å². The highest BCUT2D eigenvalue weighted by Crippen LogP contribution is 1.96. The van der Waals surface area contributed by atoms with E-state index in [1.807, 2.05) is 0 Å². The SMILES string of the molecule is C1CCNCC1.[Mg+2][Br]. The number of nitrogens with one attached hydrogen (secondary N) is 1. The van der Waals surface area contributed by atoms with Crippen molar-refractivity contribution in [2.45, 2.75) is 19.3 Å². The van der Waals surface area contributed by atoms with Crippen LogP contribution in [-0.2, 0) is 0 Å². The summed E-state index contributed by atoms with van der Waals surface area (Å²) in [4.78, 5) is 0. The Morgan fingerprint density at radius 1 is 1.00 bits per heavy atom. The third-order valence-electron chi connectivity index (χ3n) is 1.21. The van der Waals surface area contributed by atoms with Gasteiger partial charge in [-0.05, 0) is 25.9 Å². The molecule has 0 aromatic heterocycles. The molecule has 1 aliphatic heterocycles. The van der Waals surface area contributed by atoms with Gasteiger partial charge in [0.2, 0.25) is 0 Å². The van der Waals surface area contributed by atoms with Crippen LogP contribution in [0, 0.1) is 0 Å². The highest BCUT2D eigenvalue weighted by Gasteiger charge is 2.13. The van der Waals surface area contributed by atoms with Gasteiger partial charge in [0.25, 0.3) is 0 Å². The summed E-state index contributed by atoms with van der Waals surface area (Å²) in [5.74, 6) is 0. The first-order valence-electron chi connectivity index (χ1n) is 2.97. The van der Waals surface area contributed by atoms with E-state index in [1.54, 1.807) is 19.5 Å². The van der Waals surface area contributed by atoms with Crippen molar-refractivity contribution < 1.29 is 0 Å². The lowest BCUT2D eigenvalue weighted by Gasteiger charge is -2.08. The van der Waals surface area contributed by atoms with Gasteiger partial charge in [-0.2, -0.15) is 0 Å². The third-order valence-corrected chi connectivity index (χ3v) is 1.21. The second kappa shape index (κ2) is 8.21. The fourth-order valence-electron chi connectivity index (χ4n) is 0.802. The fourth-order valence-corrected chi connectivity index (χ4v) is 0.802. The van der Waals surface area contributed by atoms with Crippen molar-refractivity contribution in [2.24, 2.45) is 0 Å². The van der Waals surface area contributed by atoms with E-state index in [9.17, 15) is 0 Å². The van der Waals surface area contributed by atoms with Gasteiger partial charge in [0.15, 0.2) is 0 Å². The summed E-state index contributed by atoms with van der Waals surface area (Å²) >= 11 is 4.64. The molecule has 43 valence electrons. The second-order valence-corrected chi connectivity index (χ2v) is 1.81. The minimum absolute atomic E-state index is 1.25. The highest BCUT2D eigenvalue weighted by atomic mass is 79.9. The van der Waals surface area contributed by atoms with Crippen molar-refractivity contribution in [1.29, 1.82) is 0 Å². The quantitative estimate of drug-likeness (QED) is 0.565. The van der Waals surface area contributed by atoms with Crippen LogP contribution in [-0.4, -0.2) is 32.6 Å². The van der Waals surface area contributed by atoms with Gasteiger partial charge >= 0.3 is 32.4 Å². The molecule has 1 nitrogen and oxygen atoms in total. The van der Waals surface area contributed by atoms with Crippen molar-refractivity contribution in [3.8, 4) is 0 Å². The largest absolute Gasteiger partial charge is 1.52 e. The van der Waals surface area contributed by atoms with Crippen LogP contribution in [0.5, 0.6) is 0 Å². The van der Waals surface area contributed by atoms with E-state index in [2.05, 4.69) is 18.2 Å². The molecule has 1 rings (SSSR count). The molecule has 7 radical (unpaired) electrons. The maximum Gasteiger partial charge on any atom is 1.52 e. The van der Waals surface area contributed by atoms with E-state index in [0.717, 1.165) is 0 Å². The van der Waals surface area contributed by atoms with Gasteiger partial charge in [-0.3, -0.25) is 0 Å². The summed E-state index contributed by atoms with van der Waals surface area (Å²) < 4.78 is 0. The molecule has 0 aliphatic carbocycles. The summed E-state index contributed by atoms with van der Waals surface area (Å²) in [6.07, 6.45) is 4.22. The molecule has 1 aliphatic rings. The van der Waals surface area contributed by atoms with Crippen molar-refractivity contribution in [3.05, 3.63) is 0 Å². The van der Waals surface area contributed by atoms with Crippen molar-refractivity contribution in [1.82, 2.24) is 5.32 Å². The molecule has 0 aromatic carbocycles. The summed E-state index contributed by atoms with van der Waals surface area (Å²) in [5, 5.41) is 3.28. The Balaban J connectivity index is 0.000000222. The minimum Gasteiger partial charge on any atom is -0.317 e. The number of piperidine rings is 1. The van der Waals surface area contributed by atoms with Crippen molar-refractivity contribution in [3.63, 3.8) is 0 Å². The predicted octanol–water partition coefficient (Wildman–Crippen LogP) is 1.22. The van der Waals surface area contributed by atoms with Crippen LogP contribution < -0.4 is 5.32 Å². The van der Waals surface area contributed by atoms with Crippen molar-refractivity contribution >= 4 is 32.4 Å². The molecular weight excluding hydrogens is 178 g/mol. The third kappa shape index (κ3) is 5.35. The Morgan fingerprint density at radius 3 is 1.62 bits per heavy atom. The molecule has 0 atom stereocenters. The van der Waals surface area contributed by atoms with Gasteiger partial charge in [0, 0.05) is 0 Å². The molecular formula is C5H11BrMgN+2. The van der Waals surface area contributed by atoms with Gasteiger partial charge in [0.1, 0.15) is 0 Å². The molecule has 1 N–H and O–H groups in total. The average Bonchev–Trinajstić information content (AvgIpc) is 1.96. The zero-order valence-electron chi connectivity index (χ0n) is 5.12. The number of rotatable bonds is 0. The topological polar surface area (TPSA) is 12.0 Å². The van der Waals surface area contributed by atoms with E-state index in [0.29, 0.717) is 0 Å². The Hall–Kier alpha value is 1.21. The van der Waals surface area contributed by atoms with Gasteiger partial charge in [-0.25, -0.2) is 0 Å². The standard InChI is InChI=1S/C5H11N.BrH.Mg/c1-2-4-6-5-3-1;;/h6H,1-5H2;1H;/q;;+3/p-1. The number of hydrogen-bond donors (Lipinski definition) is 1. The molecule has 0 amide bonds. The zero-order chi connectivity index (χ0) is 6.24. The van der Waals surface area contributed by atoms with Gasteiger partial charge in [0.05, 0.1) is 0 Å². The molecule has 1 saturated heterocycles. The molecule has 0 aromatic rings. The molecule has 1 fully saturated rings. The molecule has 8 heavy (non-hydrogen) atoms. The lowest BCUT2D eigenvalue weighted by Crippen LogP contribution is -2.21. The van der Waals surface area contributed by atoms with Crippen LogP contribution in [0.4, 0.5) is 0 Å². The Labute approximate surface area is 69.9 Å². The lowest BCUT2D eigenvalue weighted by molar-refractivity contribution is 0.520. The normalized spacial score (nSPS) is 18.8. The average molecular weight is 189 g/mol. The molecule has 0 spiro atoms. The van der Waals surface area contributed by atoms with E-state index in [1.165, 1.54) is 32.4 Å². The maximum absolute atomic E-state index is 3.28. The van der Waals surface area contributed by atoms with E-state index >= 15 is 0 Å². The zero-order valence-corrected chi connectivity index (χ0v) is 8.12. The maximum atomic E-state index is 3.28. The number of halogens is 1. The first-order valence-corrected chi connectivity index (χ1v) is 6.87. The summed E-state index contributed by atoms with van der Waals surface area (Å²) in [6.45, 7) is 2.50. The van der Waals surface area contributed by atoms with E-state index in [-0.39, 0.29) is 0 Å². The highest BCUT2D eigenvalue weighted by molar-refractivity contribution is 9.22. The summed E-state index contributed by atoms with van der Waals surface area (Å²) in [7, 11) is 0. The minimum atomic E-state index is 1.25. The molecule has 3 heteroatoms. The van der Waals surface area contributed by atoms with E-state index < -0.39 is 0 Å². The lowest BCUT2D eigenvalue weighted by atomic mass is 10.2. The molecule has 1 heterocycles. The first kappa shape index (κ1) is 9.21. The monoisotopic (exact) mass is 188 g/mol. The summed E-state index contributed by atoms with van der Waals surface area (Å²) in [5.41, 5.74) is 0. The van der Waals surface area contributed by atoms with Gasteiger partial charge < -0.3 is 5.32 Å².